The normalized spacial score (nSPS) is 10.0. The van der Waals surface area contributed by atoms with Gasteiger partial charge in [0.25, 0.3) is 5.91 Å². The zero-order valence-electron chi connectivity index (χ0n) is 35.2. The number of likely N-dealkylation sites (tertiary alicyclic amines) is 1. The minimum Gasteiger partial charge on any atom is -0.478 e. The molecule has 7 N–H and O–H groups in total. The van der Waals surface area contributed by atoms with E-state index in [1.807, 2.05) is 30.3 Å². The number of fused-ring (bicyclic) bond motifs is 2. The number of anilines is 2. The Bertz CT molecular complexity index is 3240. The van der Waals surface area contributed by atoms with Gasteiger partial charge >= 0.3 is 0 Å². The van der Waals surface area contributed by atoms with Gasteiger partial charge in [-0.05, 0) is 180 Å². The Labute approximate surface area is 414 Å². The molecule has 5 rings (SSSR count). The average Bonchev–Trinajstić information content (AvgIpc) is 3.78. The number of nitrogens with two attached hydrogens (primary N) is 2. The molecule has 1 amide bonds. The molecule has 0 atom stereocenters. The van der Waals surface area contributed by atoms with E-state index >= 15 is 0 Å². The number of nitrogens with zero attached hydrogens (tertiary/aromatic N) is 5. The molecule has 1 fully saturated rings. The van der Waals surface area contributed by atoms with E-state index in [0.717, 1.165) is 43.5 Å². The number of hydrazine groups is 1. The molecule has 14 heteroatoms. The fourth-order valence-electron chi connectivity index (χ4n) is 5.24. The van der Waals surface area contributed by atoms with Crippen LogP contribution in [0.3, 0.4) is 0 Å². The molecular formula is C52H60N10O2S2. The molecule has 0 spiro atoms. The minimum absolute atomic E-state index is 0. The van der Waals surface area contributed by atoms with Crippen LogP contribution in [0.25, 0.3) is 20.9 Å². The third-order valence-corrected chi connectivity index (χ3v) is 9.34. The van der Waals surface area contributed by atoms with Crippen molar-refractivity contribution in [2.24, 2.45) is 22.2 Å². The zero-order chi connectivity index (χ0) is 47.5. The van der Waals surface area contributed by atoms with E-state index in [1.54, 1.807) is 11.7 Å². The monoisotopic (exact) mass is 920 g/mol. The van der Waals surface area contributed by atoms with E-state index in [4.69, 9.17) is 18.6 Å². The zero-order valence-corrected chi connectivity index (χ0v) is 36.8. The number of pyridine rings is 1. The Morgan fingerprint density at radius 3 is 1.83 bits per heavy atom. The van der Waals surface area contributed by atoms with Gasteiger partial charge < -0.3 is 34.1 Å². The fourth-order valence-corrected chi connectivity index (χ4v) is 6.28. The molecule has 66 heavy (non-hydrogen) atoms. The molecule has 12 nitrogen and oxygen atoms in total. The van der Waals surface area contributed by atoms with E-state index in [9.17, 15) is 9.70 Å². The third-order valence-electron chi connectivity index (χ3n) is 8.16. The Morgan fingerprint density at radius 2 is 1.35 bits per heavy atom. The summed E-state index contributed by atoms with van der Waals surface area (Å²) in [5, 5.41) is 15.3. The van der Waals surface area contributed by atoms with Gasteiger partial charge in [-0.15, -0.1) is 24.2 Å². The highest BCUT2D eigenvalue weighted by Gasteiger charge is 2.17. The lowest BCUT2D eigenvalue weighted by Crippen LogP contribution is -2.32. The highest BCUT2D eigenvalue weighted by atomic mass is 32.1. The summed E-state index contributed by atoms with van der Waals surface area (Å²) < 4.78 is 1.08. The molecular weight excluding hydrogens is 861 g/mol. The summed E-state index contributed by atoms with van der Waals surface area (Å²) in [7, 11) is 2.19. The fraction of sp³-hybridized carbons (Fsp3) is 0.154. The number of amides is 1. The number of aromatic nitrogens is 1. The number of hydrogen-bond donors (Lipinski definition) is 5. The maximum atomic E-state index is 12.9. The van der Waals surface area contributed by atoms with Crippen LogP contribution in [0.1, 0.15) is 46.6 Å². The number of nitrogens with one attached hydrogen (secondary N) is 3. The van der Waals surface area contributed by atoms with Crippen molar-refractivity contribution in [2.45, 2.75) is 19.4 Å². The molecule has 342 valence electrons. The van der Waals surface area contributed by atoms with E-state index in [0.29, 0.717) is 18.3 Å². The molecule has 0 saturated carbocycles. The Kier molecular flexibility index (Phi) is 23.8. The molecule has 0 bridgehead atoms. The predicted octanol–water partition coefficient (Wildman–Crippen LogP) is 7.18. The second-order valence-electron chi connectivity index (χ2n) is 12.5. The number of nitroso groups, excluding NO2 is 1. The van der Waals surface area contributed by atoms with Gasteiger partial charge in [0.1, 0.15) is 5.82 Å². The standard InChI is InChI=1S/C26H29N5OS.C26H2.H3N5OS.13H2/c1-31-11-8-17(9-12-31)15-29-22-3-2-4-23-21(22)14-24(33-23)26(32)30-16-18-5-6-20-19(13-18)7-10-28-25(20)27;1-3-5-7-9-11-13-15-17-19-21-23-25-26-24-22-20-18-16-14-12-10-8-6-4-2;1-2-3-4-5(6)7;;;;;;;;;;;;;/h2-7,10,13-14,17,29H,8-9,11-12,15-16H2,1H3,(H2,27,28)(H,30,32);1-2H;(H2,1,3)(H,2,4,6,7);13*1H. The molecule has 1 aliphatic heterocycles. The second-order valence-corrected chi connectivity index (χ2v) is 13.9. The first-order valence-electron chi connectivity index (χ1n) is 19.0. The predicted molar refractivity (Wildman–Crippen MR) is 292 cm³/mol. The molecule has 1 saturated heterocycles. The van der Waals surface area contributed by atoms with Crippen molar-refractivity contribution in [3.8, 4) is 155 Å². The molecule has 1 aliphatic rings. The van der Waals surface area contributed by atoms with Gasteiger partial charge in [0.05, 0.1) is 10.1 Å². The van der Waals surface area contributed by atoms with Gasteiger partial charge in [-0.3, -0.25) is 10.6 Å². The SMILES string of the molecule is C#CC#CC#CC#CC#CC#CC#CC#CC#CC#CC#CC#CC#C.CN1CCC(CNc2cccc3sc(C(=O)NCc4ccc5c(N)nccc5c4)cc23)CC1.NN=NN[N+](=O)[S-].[HH].[HH].[HH].[HH].[HH].[HH].[HH].[HH].[HH].[HH].[HH].[HH].[HH]. The maximum absolute atomic E-state index is 12.9. The van der Waals surface area contributed by atoms with Crippen LogP contribution in [-0.4, -0.2) is 46.7 Å². The van der Waals surface area contributed by atoms with E-state index in [-0.39, 0.29) is 28.7 Å². The molecule has 3 heterocycles. The number of nitrogen functional groups attached to an aromatic ring is 1. The third kappa shape index (κ3) is 20.6. The molecule has 0 aliphatic carbocycles. The Balaban J connectivity index is -0.000000103. The van der Waals surface area contributed by atoms with Crippen LogP contribution in [-0.2, 0) is 19.4 Å². The van der Waals surface area contributed by atoms with Crippen LogP contribution in [0.15, 0.2) is 65.2 Å². The lowest BCUT2D eigenvalue weighted by molar-refractivity contribution is -0.444. The topological polar surface area (TPSA) is 166 Å². The number of benzene rings is 2. The summed E-state index contributed by atoms with van der Waals surface area (Å²) >= 11 is 5.44. The van der Waals surface area contributed by atoms with Crippen molar-refractivity contribution in [1.82, 2.24) is 20.7 Å². The van der Waals surface area contributed by atoms with E-state index in [1.165, 1.54) is 37.3 Å². The summed E-state index contributed by atoms with van der Waals surface area (Å²) in [5.74, 6) is 63.8. The van der Waals surface area contributed by atoms with Crippen molar-refractivity contribution in [3.05, 3.63) is 70.1 Å². The number of rotatable bonds is 8. The number of terminal acetylenes is 2. The van der Waals surface area contributed by atoms with Crippen LogP contribution in [0, 0.1) is 166 Å². The largest absolute Gasteiger partial charge is 0.478 e. The first-order chi connectivity index (χ1) is 32.2. The summed E-state index contributed by atoms with van der Waals surface area (Å²) in [6, 6.07) is 16.2. The van der Waals surface area contributed by atoms with Crippen molar-refractivity contribution < 1.29 is 27.6 Å². The molecule has 4 aromatic rings. The molecule has 0 radical (unpaired) electrons. The van der Waals surface area contributed by atoms with Gasteiger partial charge in [0.15, 0.2) is 5.22 Å². The first kappa shape index (κ1) is 50.5. The summed E-state index contributed by atoms with van der Waals surface area (Å²) in [6.07, 6.45) is 14.0. The van der Waals surface area contributed by atoms with E-state index in [2.05, 4.69) is 217 Å². The minimum atomic E-state index is -0.0493. The summed E-state index contributed by atoms with van der Waals surface area (Å²) in [6.45, 7) is 3.78. The van der Waals surface area contributed by atoms with Crippen LogP contribution in [0.5, 0.6) is 0 Å². The number of piperidine rings is 1. The van der Waals surface area contributed by atoms with Gasteiger partial charge in [-0.25, -0.2) is 4.98 Å². The highest BCUT2D eigenvalue weighted by molar-refractivity contribution is 7.51. The van der Waals surface area contributed by atoms with Crippen LogP contribution < -0.4 is 27.7 Å². The van der Waals surface area contributed by atoms with Gasteiger partial charge in [-0.1, -0.05) is 27.4 Å². The van der Waals surface area contributed by atoms with Crippen molar-refractivity contribution in [1.29, 1.82) is 0 Å². The number of hydrogen-bond acceptors (Lipinski definition) is 10. The van der Waals surface area contributed by atoms with Gasteiger partial charge in [0, 0.05) is 106 Å². The molecule has 0 unspecified atom stereocenters. The number of carbonyl (C=O) groups is 1. The first-order valence-corrected chi connectivity index (χ1v) is 20.2. The number of carbonyl (C=O) groups excluding carboxylic acids is 1. The summed E-state index contributed by atoms with van der Waals surface area (Å²) in [5.41, 5.74) is 9.80. The van der Waals surface area contributed by atoms with Crippen LogP contribution >= 0.6 is 11.3 Å². The van der Waals surface area contributed by atoms with Crippen molar-refractivity contribution in [3.63, 3.8) is 0 Å². The lowest BCUT2D eigenvalue weighted by atomic mass is 9.97. The van der Waals surface area contributed by atoms with Gasteiger partial charge in [-0.2, -0.15) is 0 Å². The maximum Gasteiger partial charge on any atom is 0.261 e. The van der Waals surface area contributed by atoms with E-state index < -0.39 is 0 Å². The van der Waals surface area contributed by atoms with Crippen molar-refractivity contribution >= 4 is 62.4 Å². The van der Waals surface area contributed by atoms with Crippen LogP contribution in [0.4, 0.5) is 11.5 Å². The highest BCUT2D eigenvalue weighted by Crippen LogP contribution is 2.32. The second kappa shape index (κ2) is 31.1. The number of thiophene rings is 1. The summed E-state index contributed by atoms with van der Waals surface area (Å²) in [4.78, 5) is 29.8. The van der Waals surface area contributed by atoms with Gasteiger partial charge in [0.2, 0.25) is 0 Å². The Hall–Kier alpha value is -9.86. The lowest BCUT2D eigenvalue weighted by Gasteiger charge is -2.29. The van der Waals surface area contributed by atoms with Crippen LogP contribution in [0.2, 0.25) is 0 Å². The molecule has 2 aromatic heterocycles. The quantitative estimate of drug-likeness (QED) is 0.0308. The van der Waals surface area contributed by atoms with Crippen molar-refractivity contribution in [2.75, 3.05) is 37.7 Å². The molecule has 2 aromatic carbocycles. The Morgan fingerprint density at radius 1 is 0.818 bits per heavy atom. The smallest absolute Gasteiger partial charge is 0.261 e. The average molecular weight is 921 g/mol.